The van der Waals surface area contributed by atoms with Crippen LogP contribution in [0, 0.1) is 0 Å². The van der Waals surface area contributed by atoms with Crippen LogP contribution in [0.15, 0.2) is 167 Å². The highest BCUT2D eigenvalue weighted by molar-refractivity contribution is 6.31. The van der Waals surface area contributed by atoms with Gasteiger partial charge in [0, 0.05) is 32.7 Å². The minimum Gasteiger partial charge on any atom is -0.456 e. The minimum atomic E-state index is 0.864. The number of furan rings is 2. The largest absolute Gasteiger partial charge is 0.456 e. The molecule has 10 aromatic rings. The van der Waals surface area contributed by atoms with Crippen LogP contribution in [0.4, 0.5) is 0 Å². The fourth-order valence-electron chi connectivity index (χ4n) is 7.50. The maximum absolute atomic E-state index is 6.80. The molecule has 0 saturated carbocycles. The molecule has 10 rings (SSSR count). The molecule has 46 heavy (non-hydrogen) atoms. The molecule has 2 aromatic heterocycles. The first-order valence-electron chi connectivity index (χ1n) is 15.7. The smallest absolute Gasteiger partial charge is 0.144 e. The van der Waals surface area contributed by atoms with Crippen molar-refractivity contribution >= 4 is 65.4 Å². The van der Waals surface area contributed by atoms with Gasteiger partial charge in [-0.2, -0.15) is 0 Å². The van der Waals surface area contributed by atoms with E-state index in [1.54, 1.807) is 0 Å². The molecule has 0 bridgehead atoms. The molecule has 0 radical (unpaired) electrons. The molecular weight excluding hydrogens is 560 g/mol. The Morgan fingerprint density at radius 3 is 1.48 bits per heavy atom. The first kappa shape index (κ1) is 25.2. The minimum absolute atomic E-state index is 0.864. The molecule has 0 atom stereocenters. The van der Waals surface area contributed by atoms with Crippen LogP contribution >= 0.6 is 0 Å². The third-order valence-electron chi connectivity index (χ3n) is 9.45. The summed E-state index contributed by atoms with van der Waals surface area (Å²) in [5.41, 5.74) is 10.5. The van der Waals surface area contributed by atoms with Gasteiger partial charge in [-0.1, -0.05) is 133 Å². The van der Waals surface area contributed by atoms with E-state index in [0.29, 0.717) is 0 Å². The molecule has 0 fully saturated rings. The van der Waals surface area contributed by atoms with Crippen molar-refractivity contribution in [3.05, 3.63) is 158 Å². The molecule has 0 aliphatic carbocycles. The Morgan fingerprint density at radius 1 is 0.304 bits per heavy atom. The van der Waals surface area contributed by atoms with E-state index in [2.05, 4.69) is 140 Å². The van der Waals surface area contributed by atoms with Crippen LogP contribution < -0.4 is 0 Å². The second kappa shape index (κ2) is 9.69. The molecule has 2 heteroatoms. The van der Waals surface area contributed by atoms with Crippen LogP contribution in [0.3, 0.4) is 0 Å². The topological polar surface area (TPSA) is 26.3 Å². The van der Waals surface area contributed by atoms with Crippen molar-refractivity contribution in [1.29, 1.82) is 0 Å². The molecule has 0 unspecified atom stereocenters. The number of hydrogen-bond acceptors (Lipinski definition) is 2. The maximum atomic E-state index is 6.80. The molecule has 0 spiro atoms. The molecule has 8 aromatic carbocycles. The van der Waals surface area contributed by atoms with Gasteiger partial charge in [-0.3, -0.25) is 0 Å². The van der Waals surface area contributed by atoms with Crippen LogP contribution in [0.1, 0.15) is 0 Å². The molecule has 214 valence electrons. The van der Waals surface area contributed by atoms with Gasteiger partial charge in [0.1, 0.15) is 22.3 Å². The monoisotopic (exact) mass is 586 g/mol. The Bertz CT molecular complexity index is 2740. The van der Waals surface area contributed by atoms with E-state index in [1.807, 2.05) is 18.2 Å². The van der Waals surface area contributed by atoms with Crippen LogP contribution in [0.2, 0.25) is 0 Å². The highest BCUT2D eigenvalue weighted by Gasteiger charge is 2.24. The van der Waals surface area contributed by atoms with Crippen LogP contribution in [-0.2, 0) is 0 Å². The first-order chi connectivity index (χ1) is 22.8. The van der Waals surface area contributed by atoms with Crippen LogP contribution in [0.5, 0.6) is 0 Å². The number of fused-ring (bicyclic) bond motifs is 9. The van der Waals surface area contributed by atoms with E-state index in [1.165, 1.54) is 43.8 Å². The Hall–Kier alpha value is -6.12. The SMILES string of the molecule is c1ccc(-c2cccc(-c3c4ccccc4c(-c4cc5oc6ccccc6c5c5c4oc4ccccc45)c4ccccc34)c2)cc1. The fraction of sp³-hybridized carbons (Fsp3) is 0. The van der Waals surface area contributed by atoms with Crippen LogP contribution in [-0.4, -0.2) is 0 Å². The maximum Gasteiger partial charge on any atom is 0.144 e. The van der Waals surface area contributed by atoms with Gasteiger partial charge in [0.25, 0.3) is 0 Å². The predicted molar refractivity (Wildman–Crippen MR) is 192 cm³/mol. The zero-order chi connectivity index (χ0) is 30.2. The molecule has 0 N–H and O–H groups in total. The van der Waals surface area contributed by atoms with Crippen molar-refractivity contribution in [3.8, 4) is 33.4 Å². The van der Waals surface area contributed by atoms with Gasteiger partial charge < -0.3 is 8.83 Å². The summed E-state index contributed by atoms with van der Waals surface area (Å²) in [4.78, 5) is 0. The van der Waals surface area contributed by atoms with E-state index < -0.39 is 0 Å². The van der Waals surface area contributed by atoms with Gasteiger partial charge in [-0.05, 0) is 68.1 Å². The highest BCUT2D eigenvalue weighted by Crippen LogP contribution is 2.49. The van der Waals surface area contributed by atoms with E-state index in [-0.39, 0.29) is 0 Å². The van der Waals surface area contributed by atoms with Gasteiger partial charge in [0.15, 0.2) is 0 Å². The van der Waals surface area contributed by atoms with E-state index >= 15 is 0 Å². The second-order valence-electron chi connectivity index (χ2n) is 12.0. The summed E-state index contributed by atoms with van der Waals surface area (Å²) in [6.07, 6.45) is 0. The predicted octanol–water partition coefficient (Wildman–Crippen LogP) is 12.8. The zero-order valence-electron chi connectivity index (χ0n) is 24.8. The number of benzene rings is 8. The quantitative estimate of drug-likeness (QED) is 0.193. The summed E-state index contributed by atoms with van der Waals surface area (Å²) in [6.45, 7) is 0. The lowest BCUT2D eigenvalue weighted by atomic mass is 9.84. The Kier molecular flexibility index (Phi) is 5.31. The molecule has 0 saturated heterocycles. The third kappa shape index (κ3) is 3.59. The average molecular weight is 587 g/mol. The van der Waals surface area contributed by atoms with E-state index in [0.717, 1.165) is 55.0 Å². The van der Waals surface area contributed by atoms with E-state index in [4.69, 9.17) is 8.83 Å². The molecule has 2 heterocycles. The van der Waals surface area contributed by atoms with Crippen molar-refractivity contribution in [2.75, 3.05) is 0 Å². The number of hydrogen-bond donors (Lipinski definition) is 0. The van der Waals surface area contributed by atoms with Crippen molar-refractivity contribution in [2.45, 2.75) is 0 Å². The number of para-hydroxylation sites is 2. The standard InChI is InChI=1S/C44H26O2/c1-2-13-27(14-3-1)28-15-12-16-29(25-28)40-30-17-4-6-19-32(30)41(33-20-7-5-18-31(33)40)36-26-39-42(34-21-8-10-23-37(34)45-39)43-35-22-9-11-24-38(35)46-44(36)43/h1-26H. The second-order valence-corrected chi connectivity index (χ2v) is 12.0. The van der Waals surface area contributed by atoms with Crippen LogP contribution in [0.25, 0.3) is 98.8 Å². The summed E-state index contributed by atoms with van der Waals surface area (Å²) in [6, 6.07) is 55.9. The molecular formula is C44H26O2. The Labute approximate surface area is 264 Å². The lowest BCUT2D eigenvalue weighted by molar-refractivity contribution is 0.664. The third-order valence-corrected chi connectivity index (χ3v) is 9.45. The highest BCUT2D eigenvalue weighted by atomic mass is 16.3. The fourth-order valence-corrected chi connectivity index (χ4v) is 7.50. The van der Waals surface area contributed by atoms with Gasteiger partial charge in [0.05, 0.1) is 0 Å². The van der Waals surface area contributed by atoms with Crippen molar-refractivity contribution < 1.29 is 8.83 Å². The van der Waals surface area contributed by atoms with Crippen molar-refractivity contribution in [3.63, 3.8) is 0 Å². The Morgan fingerprint density at radius 2 is 0.804 bits per heavy atom. The Balaban J connectivity index is 1.36. The molecule has 0 aliphatic heterocycles. The van der Waals surface area contributed by atoms with E-state index in [9.17, 15) is 0 Å². The summed E-state index contributed by atoms with van der Waals surface area (Å²) in [5, 5.41) is 9.16. The van der Waals surface area contributed by atoms with Gasteiger partial charge in [-0.25, -0.2) is 0 Å². The molecule has 2 nitrogen and oxygen atoms in total. The summed E-state index contributed by atoms with van der Waals surface area (Å²) in [5.74, 6) is 0. The summed E-state index contributed by atoms with van der Waals surface area (Å²) in [7, 11) is 0. The average Bonchev–Trinajstić information content (AvgIpc) is 3.69. The molecule has 0 amide bonds. The summed E-state index contributed by atoms with van der Waals surface area (Å²) >= 11 is 0. The number of rotatable bonds is 3. The van der Waals surface area contributed by atoms with Gasteiger partial charge in [0.2, 0.25) is 0 Å². The van der Waals surface area contributed by atoms with Gasteiger partial charge in [-0.15, -0.1) is 0 Å². The normalized spacial score (nSPS) is 11.9. The first-order valence-corrected chi connectivity index (χ1v) is 15.7. The van der Waals surface area contributed by atoms with Crippen molar-refractivity contribution in [1.82, 2.24) is 0 Å². The lowest BCUT2D eigenvalue weighted by Gasteiger charge is -2.18. The summed E-state index contributed by atoms with van der Waals surface area (Å²) < 4.78 is 13.4. The van der Waals surface area contributed by atoms with Crippen molar-refractivity contribution in [2.24, 2.45) is 0 Å². The van der Waals surface area contributed by atoms with Gasteiger partial charge >= 0.3 is 0 Å². The zero-order valence-corrected chi connectivity index (χ0v) is 24.8. The molecule has 0 aliphatic rings. The lowest BCUT2D eigenvalue weighted by Crippen LogP contribution is -1.91.